The highest BCUT2D eigenvalue weighted by atomic mass is 16.1. The van der Waals surface area contributed by atoms with E-state index in [1.54, 1.807) is 6.08 Å². The fraction of sp³-hybridized carbons (Fsp3) is 0.542. The summed E-state index contributed by atoms with van der Waals surface area (Å²) in [5.74, 6) is 2.75. The second kappa shape index (κ2) is 9.80. The fourth-order valence-corrected chi connectivity index (χ4v) is 3.94. The van der Waals surface area contributed by atoms with Crippen LogP contribution in [0.15, 0.2) is 23.4 Å². The molecule has 3 rings (SSSR count). The second-order valence-corrected chi connectivity index (χ2v) is 8.34. The van der Waals surface area contributed by atoms with Gasteiger partial charge in [0.2, 0.25) is 5.91 Å². The largest absolute Gasteiger partial charge is 0.366 e. The van der Waals surface area contributed by atoms with E-state index in [1.807, 2.05) is 43.4 Å². The number of carbonyl (C=O) groups excluding carboxylic acids is 2. The highest BCUT2D eigenvalue weighted by molar-refractivity contribution is 5.99. The summed E-state index contributed by atoms with van der Waals surface area (Å²) in [6.07, 6.45) is 6.83. The van der Waals surface area contributed by atoms with Crippen LogP contribution in [0.5, 0.6) is 0 Å². The minimum atomic E-state index is -0.476. The number of fused-ring (bicyclic) bond motifs is 1. The van der Waals surface area contributed by atoms with Gasteiger partial charge in [0, 0.05) is 31.1 Å². The molecule has 0 saturated carbocycles. The highest BCUT2D eigenvalue weighted by Crippen LogP contribution is 2.35. The van der Waals surface area contributed by atoms with E-state index in [1.165, 1.54) is 0 Å². The van der Waals surface area contributed by atoms with Gasteiger partial charge < -0.3 is 10.6 Å². The number of allylic oxidation sites excluding steroid dienone is 2. The molecular formula is C24H34N4O2. The van der Waals surface area contributed by atoms with E-state index < -0.39 is 5.91 Å². The van der Waals surface area contributed by atoms with Crippen LogP contribution in [0.2, 0.25) is 0 Å². The van der Waals surface area contributed by atoms with Gasteiger partial charge in [-0.3, -0.25) is 14.3 Å². The molecule has 30 heavy (non-hydrogen) atoms. The van der Waals surface area contributed by atoms with Gasteiger partial charge in [-0.2, -0.15) is 5.10 Å². The van der Waals surface area contributed by atoms with Gasteiger partial charge in [0.05, 0.1) is 29.1 Å². The Balaban J connectivity index is 0.00000155. The molecule has 1 aliphatic carbocycles. The van der Waals surface area contributed by atoms with Crippen LogP contribution in [0, 0.1) is 24.3 Å². The Morgan fingerprint density at radius 1 is 1.30 bits per heavy atom. The van der Waals surface area contributed by atoms with E-state index in [2.05, 4.69) is 30.9 Å². The van der Waals surface area contributed by atoms with E-state index in [0.717, 1.165) is 48.5 Å². The summed E-state index contributed by atoms with van der Waals surface area (Å²) in [4.78, 5) is 26.4. The molecule has 0 atom stereocenters. The van der Waals surface area contributed by atoms with Gasteiger partial charge in [0.15, 0.2) is 5.78 Å². The molecule has 1 aromatic heterocycles. The number of nitrogens with two attached hydrogens (primary N) is 1. The quantitative estimate of drug-likeness (QED) is 0.455. The molecular weight excluding hydrogens is 376 g/mol. The number of hydrogen-bond acceptors (Lipinski definition) is 4. The van der Waals surface area contributed by atoms with Gasteiger partial charge >= 0.3 is 0 Å². The van der Waals surface area contributed by atoms with Gasteiger partial charge in [-0.25, -0.2) is 0 Å². The van der Waals surface area contributed by atoms with Crippen molar-refractivity contribution in [3.63, 3.8) is 0 Å². The third-order valence-corrected chi connectivity index (χ3v) is 5.32. The molecule has 2 N–H and O–H groups in total. The lowest BCUT2D eigenvalue weighted by Gasteiger charge is -2.29. The third-order valence-electron chi connectivity index (χ3n) is 5.32. The maximum Gasteiger partial charge on any atom is 0.250 e. The Labute approximate surface area is 180 Å². The second-order valence-electron chi connectivity index (χ2n) is 8.34. The SMILES string of the molecule is C/C(=C(\C=C/Cn1nc(C)c2c1CC(C)(C)CC2=O)C(N)=O)N1C#CCCC1.CC. The molecule has 0 spiro atoms. The van der Waals surface area contributed by atoms with E-state index >= 15 is 0 Å². The van der Waals surface area contributed by atoms with Crippen molar-refractivity contribution in [1.82, 2.24) is 14.7 Å². The number of ketones is 1. The first-order valence-electron chi connectivity index (χ1n) is 10.7. The molecule has 0 saturated heterocycles. The van der Waals surface area contributed by atoms with Crippen LogP contribution in [0.1, 0.15) is 75.6 Å². The molecule has 162 valence electrons. The summed E-state index contributed by atoms with van der Waals surface area (Å²) in [6.45, 7) is 13.2. The lowest BCUT2D eigenvalue weighted by atomic mass is 9.75. The summed E-state index contributed by atoms with van der Waals surface area (Å²) in [5, 5.41) is 4.56. The van der Waals surface area contributed by atoms with Crippen molar-refractivity contribution in [3.05, 3.63) is 40.4 Å². The third kappa shape index (κ3) is 5.21. The first-order chi connectivity index (χ1) is 14.2. The summed E-state index contributed by atoms with van der Waals surface area (Å²) in [5.41, 5.74) is 9.26. The molecule has 6 nitrogen and oxygen atoms in total. The number of rotatable bonds is 5. The van der Waals surface area contributed by atoms with Crippen LogP contribution in [0.4, 0.5) is 0 Å². The zero-order chi connectivity index (χ0) is 22.5. The molecule has 1 aliphatic heterocycles. The summed E-state index contributed by atoms with van der Waals surface area (Å²) >= 11 is 0. The predicted octanol–water partition coefficient (Wildman–Crippen LogP) is 3.75. The average Bonchev–Trinajstić information content (AvgIpc) is 3.01. The zero-order valence-corrected chi connectivity index (χ0v) is 19.1. The molecule has 0 bridgehead atoms. The van der Waals surface area contributed by atoms with Crippen LogP contribution in [-0.2, 0) is 17.8 Å². The zero-order valence-electron chi connectivity index (χ0n) is 19.1. The Morgan fingerprint density at radius 3 is 2.60 bits per heavy atom. The van der Waals surface area contributed by atoms with Crippen LogP contribution in [0.25, 0.3) is 0 Å². The Kier molecular flexibility index (Phi) is 7.66. The minimum Gasteiger partial charge on any atom is -0.366 e. The van der Waals surface area contributed by atoms with Crippen molar-refractivity contribution >= 4 is 11.7 Å². The molecule has 0 radical (unpaired) electrons. The number of amides is 1. The Hall–Kier alpha value is -2.81. The van der Waals surface area contributed by atoms with E-state index in [4.69, 9.17) is 5.73 Å². The molecule has 1 aromatic rings. The van der Waals surface area contributed by atoms with Crippen molar-refractivity contribution in [2.24, 2.45) is 11.1 Å². The summed E-state index contributed by atoms with van der Waals surface area (Å²) in [7, 11) is 0. The minimum absolute atomic E-state index is 0.0696. The van der Waals surface area contributed by atoms with Gasteiger partial charge in [-0.15, -0.1) is 0 Å². The Morgan fingerprint density at radius 2 is 2.00 bits per heavy atom. The maximum atomic E-state index is 12.5. The number of Topliss-reactive ketones (excluding diaryl/α,β-unsaturated/α-hetero) is 1. The predicted molar refractivity (Wildman–Crippen MR) is 119 cm³/mol. The van der Waals surface area contributed by atoms with Crippen molar-refractivity contribution in [3.8, 4) is 12.0 Å². The highest BCUT2D eigenvalue weighted by Gasteiger charge is 2.35. The number of nitrogens with zero attached hydrogens (tertiary/aromatic N) is 3. The topological polar surface area (TPSA) is 81.2 Å². The average molecular weight is 411 g/mol. The van der Waals surface area contributed by atoms with Crippen molar-refractivity contribution < 1.29 is 9.59 Å². The smallest absolute Gasteiger partial charge is 0.250 e. The van der Waals surface area contributed by atoms with Crippen LogP contribution in [0.3, 0.4) is 0 Å². The van der Waals surface area contributed by atoms with Crippen molar-refractivity contribution in [2.75, 3.05) is 6.54 Å². The first-order valence-corrected chi connectivity index (χ1v) is 10.7. The van der Waals surface area contributed by atoms with E-state index in [-0.39, 0.29) is 11.2 Å². The van der Waals surface area contributed by atoms with E-state index in [0.29, 0.717) is 18.5 Å². The number of carbonyl (C=O) groups is 2. The van der Waals surface area contributed by atoms with Crippen LogP contribution >= 0.6 is 0 Å². The monoisotopic (exact) mass is 410 g/mol. The molecule has 0 unspecified atom stereocenters. The number of hydrogen-bond donors (Lipinski definition) is 1. The molecule has 2 heterocycles. The number of primary amides is 1. The fourth-order valence-electron chi connectivity index (χ4n) is 3.94. The maximum absolute atomic E-state index is 12.5. The van der Waals surface area contributed by atoms with Crippen molar-refractivity contribution in [2.45, 2.75) is 73.8 Å². The first kappa shape index (κ1) is 23.5. The summed E-state index contributed by atoms with van der Waals surface area (Å²) in [6, 6.07) is 3.05. The molecule has 6 heteroatoms. The lowest BCUT2D eigenvalue weighted by Crippen LogP contribution is -2.28. The van der Waals surface area contributed by atoms with Gasteiger partial charge in [-0.05, 0) is 38.2 Å². The standard InChI is InChI=1S/C22H28N4O2.C2H6/c1-15-20-18(13-22(3,4)14-19(20)27)26(24-15)12-8-9-17(21(23)28)16(2)25-10-6-5-7-11-25;1-2/h8-9H,5-6,10,12-14H2,1-4H3,(H2,23,28);1-2H3/b9-8-,17-16-;. The molecule has 0 fully saturated rings. The van der Waals surface area contributed by atoms with E-state index in [9.17, 15) is 9.59 Å². The lowest BCUT2D eigenvalue weighted by molar-refractivity contribution is -0.114. The van der Waals surface area contributed by atoms with Gasteiger partial charge in [-0.1, -0.05) is 39.7 Å². The number of aryl methyl sites for hydroxylation is 1. The summed E-state index contributed by atoms with van der Waals surface area (Å²) < 4.78 is 1.87. The van der Waals surface area contributed by atoms with Crippen LogP contribution in [-0.4, -0.2) is 32.9 Å². The van der Waals surface area contributed by atoms with Gasteiger partial charge in [0.25, 0.3) is 0 Å². The molecule has 1 amide bonds. The van der Waals surface area contributed by atoms with Gasteiger partial charge in [0.1, 0.15) is 0 Å². The normalized spacial score (nSPS) is 18.1. The molecule has 2 aliphatic rings. The van der Waals surface area contributed by atoms with Crippen molar-refractivity contribution in [1.29, 1.82) is 0 Å². The Bertz CT molecular complexity index is 938. The van der Waals surface area contributed by atoms with Crippen LogP contribution < -0.4 is 5.73 Å². The number of aromatic nitrogens is 2. The molecule has 0 aromatic carbocycles.